The van der Waals surface area contributed by atoms with Gasteiger partial charge in [-0.15, -0.1) is 0 Å². The number of carbonyl (C=O) groups is 1. The molecule has 4 nitrogen and oxygen atoms in total. The number of methoxy groups -OCH3 is 1. The van der Waals surface area contributed by atoms with Crippen LogP contribution in [-0.2, 0) is 4.74 Å². The van der Waals surface area contributed by atoms with Crippen LogP contribution in [0.15, 0.2) is 0 Å². The summed E-state index contributed by atoms with van der Waals surface area (Å²) in [5.41, 5.74) is 0. The van der Waals surface area contributed by atoms with Crippen LogP contribution in [0.4, 0.5) is 4.79 Å². The molecule has 0 aromatic heterocycles. The van der Waals surface area contributed by atoms with Gasteiger partial charge >= 0.3 is 6.16 Å². The Morgan fingerprint density at radius 2 is 1.21 bits per heavy atom. The zero-order valence-electron chi connectivity index (χ0n) is 13.6. The molecule has 0 aliphatic rings. The van der Waals surface area contributed by atoms with E-state index < -0.39 is 6.16 Å². The summed E-state index contributed by atoms with van der Waals surface area (Å²) in [5, 5.41) is 7.50. The van der Waals surface area contributed by atoms with E-state index in [1.165, 1.54) is 62.6 Å². The van der Waals surface area contributed by atoms with Gasteiger partial charge < -0.3 is 14.3 Å². The first-order valence-electron chi connectivity index (χ1n) is 7.56. The van der Waals surface area contributed by atoms with E-state index in [4.69, 9.17) is 9.90 Å². The van der Waals surface area contributed by atoms with E-state index in [9.17, 15) is 0 Å². The Morgan fingerprint density at radius 3 is 1.37 bits per heavy atom. The van der Waals surface area contributed by atoms with Gasteiger partial charge in [-0.1, -0.05) is 40.0 Å². The Bertz CT molecular complexity index is 186. The highest BCUT2D eigenvalue weighted by atomic mass is 16.6. The number of unbranched alkanes of at least 4 members (excludes halogenated alkanes) is 3. The number of nitrogens with zero attached hydrogens (tertiary/aromatic N) is 1. The van der Waals surface area contributed by atoms with Gasteiger partial charge in [0.1, 0.15) is 0 Å². The van der Waals surface area contributed by atoms with Gasteiger partial charge in [-0.25, -0.2) is 4.79 Å². The minimum absolute atomic E-state index is 1.10. The molecule has 0 atom stereocenters. The number of rotatable bonds is 9. The van der Waals surface area contributed by atoms with Crippen molar-refractivity contribution in [2.75, 3.05) is 33.8 Å². The summed E-state index contributed by atoms with van der Waals surface area (Å²) in [7, 11) is 3.54. The Kier molecular flexibility index (Phi) is 14.8. The summed E-state index contributed by atoms with van der Waals surface area (Å²) in [4.78, 5) is 9.15. The molecule has 0 fully saturated rings. The Labute approximate surface area is 119 Å². The van der Waals surface area contributed by atoms with Gasteiger partial charge in [-0.05, 0) is 19.3 Å². The van der Waals surface area contributed by atoms with E-state index in [1.54, 1.807) is 0 Å². The normalized spacial score (nSPS) is 10.6. The van der Waals surface area contributed by atoms with Crippen molar-refractivity contribution in [3.05, 3.63) is 0 Å². The second kappa shape index (κ2) is 13.7. The summed E-state index contributed by atoms with van der Waals surface area (Å²) in [6.45, 7) is 11.0. The molecule has 0 aliphatic carbocycles. The van der Waals surface area contributed by atoms with E-state index in [1.807, 2.05) is 0 Å². The highest BCUT2D eigenvalue weighted by molar-refractivity contribution is 5.56. The lowest BCUT2D eigenvalue weighted by atomic mass is 10.2. The molecule has 0 bridgehead atoms. The minimum Gasteiger partial charge on any atom is -0.450 e. The number of quaternary nitrogens is 1. The van der Waals surface area contributed by atoms with Crippen molar-refractivity contribution in [3.63, 3.8) is 0 Å². The van der Waals surface area contributed by atoms with Crippen LogP contribution in [0.1, 0.15) is 59.3 Å². The number of hydrogen-bond donors (Lipinski definition) is 1. The number of carboxylic acid groups (broad SMARTS) is 1. The lowest BCUT2D eigenvalue weighted by Gasteiger charge is -2.34. The third-order valence-electron chi connectivity index (χ3n) is 3.33. The van der Waals surface area contributed by atoms with Crippen LogP contribution in [-0.4, -0.2) is 49.5 Å². The maximum absolute atomic E-state index is 9.15. The van der Waals surface area contributed by atoms with Crippen molar-refractivity contribution >= 4 is 6.16 Å². The molecule has 0 amide bonds. The van der Waals surface area contributed by atoms with Crippen LogP contribution in [0.25, 0.3) is 0 Å². The van der Waals surface area contributed by atoms with Gasteiger partial charge in [0.15, 0.2) is 0 Å². The topological polar surface area (TPSA) is 46.5 Å². The lowest BCUT2D eigenvalue weighted by molar-refractivity contribution is -0.910. The standard InChI is InChI=1S/C13H30N.C2H4O3/c1-5-8-11-14(4,12-9-6-2)13-10-7-3;1-5-2(3)4/h5-13H2,1-4H3;1H3,(H,3,4)/q+1;. The number of hydrogen-bond acceptors (Lipinski definition) is 2. The van der Waals surface area contributed by atoms with Gasteiger partial charge in [0, 0.05) is 0 Å². The van der Waals surface area contributed by atoms with Crippen molar-refractivity contribution in [1.82, 2.24) is 0 Å². The summed E-state index contributed by atoms with van der Waals surface area (Å²) in [6.07, 6.45) is 6.95. The summed E-state index contributed by atoms with van der Waals surface area (Å²) >= 11 is 0. The Morgan fingerprint density at radius 1 is 0.947 bits per heavy atom. The molecule has 0 heterocycles. The van der Waals surface area contributed by atoms with Gasteiger partial charge in [-0.3, -0.25) is 0 Å². The summed E-state index contributed by atoms with van der Waals surface area (Å²) in [5.74, 6) is 0. The highest BCUT2D eigenvalue weighted by Crippen LogP contribution is 2.10. The quantitative estimate of drug-likeness (QED) is 0.508. The molecule has 19 heavy (non-hydrogen) atoms. The van der Waals surface area contributed by atoms with Crippen LogP contribution < -0.4 is 0 Å². The minimum atomic E-state index is -1.25. The molecule has 0 saturated carbocycles. The lowest BCUT2D eigenvalue weighted by Crippen LogP contribution is -2.46. The fourth-order valence-corrected chi connectivity index (χ4v) is 1.95. The van der Waals surface area contributed by atoms with Gasteiger partial charge in [0.2, 0.25) is 0 Å². The van der Waals surface area contributed by atoms with E-state index in [2.05, 4.69) is 32.6 Å². The molecule has 1 N–H and O–H groups in total. The monoisotopic (exact) mass is 276 g/mol. The van der Waals surface area contributed by atoms with Crippen LogP contribution in [0.5, 0.6) is 0 Å². The maximum Gasteiger partial charge on any atom is 0.505 e. The van der Waals surface area contributed by atoms with Gasteiger partial charge in [0.05, 0.1) is 33.8 Å². The SMILES string of the molecule is CCCC[N+](C)(CCCC)CCCC.COC(=O)O. The van der Waals surface area contributed by atoms with E-state index >= 15 is 0 Å². The molecule has 0 aliphatic heterocycles. The van der Waals surface area contributed by atoms with Crippen molar-refractivity contribution < 1.29 is 19.1 Å². The maximum atomic E-state index is 9.15. The predicted molar refractivity (Wildman–Crippen MR) is 80.5 cm³/mol. The Balaban J connectivity index is 0. The molecule has 0 aromatic carbocycles. The molecule has 0 unspecified atom stereocenters. The second-order valence-electron chi connectivity index (χ2n) is 5.32. The van der Waals surface area contributed by atoms with Crippen LogP contribution in [0.3, 0.4) is 0 Å². The first-order chi connectivity index (χ1) is 8.95. The summed E-state index contributed by atoms with van der Waals surface area (Å²) < 4.78 is 4.98. The highest BCUT2D eigenvalue weighted by Gasteiger charge is 2.18. The molecule has 4 heteroatoms. The fourth-order valence-electron chi connectivity index (χ4n) is 1.95. The molecule has 0 spiro atoms. The first-order valence-corrected chi connectivity index (χ1v) is 7.56. The smallest absolute Gasteiger partial charge is 0.450 e. The average Bonchev–Trinajstić information content (AvgIpc) is 2.41. The largest absolute Gasteiger partial charge is 0.505 e. The van der Waals surface area contributed by atoms with Gasteiger partial charge in [0.25, 0.3) is 0 Å². The molecular formula is C15H34NO3+. The third-order valence-corrected chi connectivity index (χ3v) is 3.33. The molecular weight excluding hydrogens is 242 g/mol. The van der Waals surface area contributed by atoms with E-state index in [0.29, 0.717) is 0 Å². The second-order valence-corrected chi connectivity index (χ2v) is 5.32. The summed E-state index contributed by atoms with van der Waals surface area (Å²) in [6, 6.07) is 0. The van der Waals surface area contributed by atoms with Crippen LogP contribution in [0, 0.1) is 0 Å². The zero-order chi connectivity index (χ0) is 15.1. The molecule has 0 aromatic rings. The average molecular weight is 276 g/mol. The van der Waals surface area contributed by atoms with Crippen molar-refractivity contribution in [3.8, 4) is 0 Å². The van der Waals surface area contributed by atoms with Crippen LogP contribution in [0.2, 0.25) is 0 Å². The van der Waals surface area contributed by atoms with Crippen molar-refractivity contribution in [1.29, 1.82) is 0 Å². The molecule has 0 saturated heterocycles. The first kappa shape index (κ1) is 20.5. The van der Waals surface area contributed by atoms with Crippen molar-refractivity contribution in [2.24, 2.45) is 0 Å². The van der Waals surface area contributed by atoms with Crippen molar-refractivity contribution in [2.45, 2.75) is 59.3 Å². The van der Waals surface area contributed by atoms with Gasteiger partial charge in [-0.2, -0.15) is 0 Å². The van der Waals surface area contributed by atoms with E-state index in [0.717, 1.165) is 7.11 Å². The molecule has 0 radical (unpaired) electrons. The Hall–Kier alpha value is -0.770. The zero-order valence-corrected chi connectivity index (χ0v) is 13.6. The van der Waals surface area contributed by atoms with E-state index in [-0.39, 0.29) is 0 Å². The molecule has 116 valence electrons. The van der Waals surface area contributed by atoms with Crippen LogP contribution >= 0.6 is 0 Å². The third kappa shape index (κ3) is 15.2. The molecule has 0 rings (SSSR count). The predicted octanol–water partition coefficient (Wildman–Crippen LogP) is 4.14. The number of ether oxygens (including phenoxy) is 1. The fraction of sp³-hybridized carbons (Fsp3) is 0.933.